The molecule has 112 valence electrons. The SMILES string of the molecule is CCC1CCCC(NS(=O)(=O)c2ccccc2NC)C1. The number of hydrogen-bond acceptors (Lipinski definition) is 3. The van der Waals surface area contributed by atoms with Crippen LogP contribution in [0.5, 0.6) is 0 Å². The van der Waals surface area contributed by atoms with Gasteiger partial charge in [-0.2, -0.15) is 0 Å². The van der Waals surface area contributed by atoms with E-state index in [2.05, 4.69) is 17.0 Å². The quantitative estimate of drug-likeness (QED) is 0.878. The van der Waals surface area contributed by atoms with Crippen molar-refractivity contribution in [2.45, 2.75) is 50.0 Å². The molecule has 0 saturated heterocycles. The van der Waals surface area contributed by atoms with Crippen molar-refractivity contribution in [1.82, 2.24) is 4.72 Å². The van der Waals surface area contributed by atoms with Gasteiger partial charge in [0, 0.05) is 13.1 Å². The van der Waals surface area contributed by atoms with Gasteiger partial charge in [0.25, 0.3) is 0 Å². The van der Waals surface area contributed by atoms with E-state index >= 15 is 0 Å². The Kier molecular flexibility index (Phi) is 5.05. The van der Waals surface area contributed by atoms with Crippen molar-refractivity contribution < 1.29 is 8.42 Å². The maximum atomic E-state index is 12.5. The van der Waals surface area contributed by atoms with Crippen LogP contribution in [0.4, 0.5) is 5.69 Å². The van der Waals surface area contributed by atoms with E-state index in [4.69, 9.17) is 0 Å². The topological polar surface area (TPSA) is 58.2 Å². The van der Waals surface area contributed by atoms with Crippen molar-refractivity contribution in [3.05, 3.63) is 24.3 Å². The molecular weight excluding hydrogens is 272 g/mol. The van der Waals surface area contributed by atoms with Crippen LogP contribution in [0.1, 0.15) is 39.0 Å². The molecule has 2 rings (SSSR count). The number of sulfonamides is 1. The summed E-state index contributed by atoms with van der Waals surface area (Å²) in [5, 5.41) is 2.94. The molecule has 0 bridgehead atoms. The highest BCUT2D eigenvalue weighted by atomic mass is 32.2. The molecule has 1 fully saturated rings. The maximum Gasteiger partial charge on any atom is 0.242 e. The van der Waals surface area contributed by atoms with Gasteiger partial charge in [0.2, 0.25) is 10.0 Å². The van der Waals surface area contributed by atoms with Gasteiger partial charge in [-0.1, -0.05) is 38.3 Å². The van der Waals surface area contributed by atoms with Gasteiger partial charge in [-0.05, 0) is 30.9 Å². The van der Waals surface area contributed by atoms with Gasteiger partial charge in [-0.15, -0.1) is 0 Å². The van der Waals surface area contributed by atoms with Crippen LogP contribution >= 0.6 is 0 Å². The van der Waals surface area contributed by atoms with E-state index in [-0.39, 0.29) is 6.04 Å². The van der Waals surface area contributed by atoms with E-state index in [0.717, 1.165) is 25.7 Å². The molecule has 20 heavy (non-hydrogen) atoms. The van der Waals surface area contributed by atoms with Crippen molar-refractivity contribution in [2.24, 2.45) is 5.92 Å². The molecule has 0 spiro atoms. The molecule has 0 radical (unpaired) electrons. The third-order valence-corrected chi connectivity index (χ3v) is 5.71. The lowest BCUT2D eigenvalue weighted by atomic mass is 9.85. The minimum Gasteiger partial charge on any atom is -0.387 e. The summed E-state index contributed by atoms with van der Waals surface area (Å²) in [5.41, 5.74) is 0.642. The van der Waals surface area contributed by atoms with Crippen molar-refractivity contribution in [3.63, 3.8) is 0 Å². The fourth-order valence-electron chi connectivity index (χ4n) is 2.96. The van der Waals surface area contributed by atoms with Crippen LogP contribution in [0.15, 0.2) is 29.2 Å². The summed E-state index contributed by atoms with van der Waals surface area (Å²) in [6, 6.07) is 7.09. The second-order valence-corrected chi connectivity index (χ2v) is 7.19. The third-order valence-electron chi connectivity index (χ3n) is 4.13. The van der Waals surface area contributed by atoms with Crippen molar-refractivity contribution >= 4 is 15.7 Å². The monoisotopic (exact) mass is 296 g/mol. The minimum atomic E-state index is -3.45. The number of hydrogen-bond donors (Lipinski definition) is 2. The molecule has 5 heteroatoms. The van der Waals surface area contributed by atoms with Gasteiger partial charge in [-0.25, -0.2) is 13.1 Å². The third kappa shape index (κ3) is 3.52. The van der Waals surface area contributed by atoms with Crippen LogP contribution in [0.25, 0.3) is 0 Å². The Balaban J connectivity index is 2.14. The summed E-state index contributed by atoms with van der Waals surface area (Å²) in [4.78, 5) is 0.334. The average molecular weight is 296 g/mol. The molecule has 1 saturated carbocycles. The van der Waals surface area contributed by atoms with Crippen LogP contribution in [0, 0.1) is 5.92 Å². The summed E-state index contributed by atoms with van der Waals surface area (Å²) >= 11 is 0. The summed E-state index contributed by atoms with van der Waals surface area (Å²) in [6.45, 7) is 2.18. The number of anilines is 1. The first-order valence-corrected chi connectivity index (χ1v) is 8.84. The smallest absolute Gasteiger partial charge is 0.242 e. The zero-order valence-electron chi connectivity index (χ0n) is 12.2. The van der Waals surface area contributed by atoms with Crippen LogP contribution in [0.2, 0.25) is 0 Å². The van der Waals surface area contributed by atoms with Crippen LogP contribution in [0.3, 0.4) is 0 Å². The lowest BCUT2D eigenvalue weighted by Crippen LogP contribution is -2.38. The van der Waals surface area contributed by atoms with Gasteiger partial charge >= 0.3 is 0 Å². The standard InChI is InChI=1S/C15H24N2O2S/c1-3-12-7-6-8-13(11-12)17-20(18,19)15-10-5-4-9-14(15)16-2/h4-5,9-10,12-13,16-17H,3,6-8,11H2,1-2H3. The first kappa shape index (κ1) is 15.3. The Morgan fingerprint density at radius 2 is 2.00 bits per heavy atom. The highest BCUT2D eigenvalue weighted by Crippen LogP contribution is 2.28. The summed E-state index contributed by atoms with van der Waals surface area (Å²) in [7, 11) is -1.71. The molecule has 2 unspecified atom stereocenters. The molecule has 0 aliphatic heterocycles. The molecule has 2 N–H and O–H groups in total. The zero-order chi connectivity index (χ0) is 14.6. The Hall–Kier alpha value is -1.07. The van der Waals surface area contributed by atoms with Crippen LogP contribution in [-0.2, 0) is 10.0 Å². The Labute approximate surface area is 122 Å². The fourth-order valence-corrected chi connectivity index (χ4v) is 4.46. The second kappa shape index (κ2) is 6.59. The molecule has 1 aromatic rings. The Bertz CT molecular complexity index is 543. The molecule has 0 aromatic heterocycles. The zero-order valence-corrected chi connectivity index (χ0v) is 13.0. The summed E-state index contributed by atoms with van der Waals surface area (Å²) in [6.07, 6.45) is 5.36. The lowest BCUT2D eigenvalue weighted by molar-refractivity contribution is 0.301. The molecule has 2 atom stereocenters. The number of nitrogens with one attached hydrogen (secondary N) is 2. The van der Waals surface area contributed by atoms with Crippen molar-refractivity contribution in [3.8, 4) is 0 Å². The van der Waals surface area contributed by atoms with Gasteiger partial charge in [-0.3, -0.25) is 0 Å². The van der Waals surface area contributed by atoms with E-state index in [1.165, 1.54) is 6.42 Å². The number of rotatable bonds is 5. The number of benzene rings is 1. The Morgan fingerprint density at radius 3 is 2.70 bits per heavy atom. The van der Waals surface area contributed by atoms with Crippen molar-refractivity contribution in [1.29, 1.82) is 0 Å². The lowest BCUT2D eigenvalue weighted by Gasteiger charge is -2.29. The average Bonchev–Trinajstić information content (AvgIpc) is 2.47. The highest BCUT2D eigenvalue weighted by molar-refractivity contribution is 7.89. The molecule has 1 aliphatic carbocycles. The molecule has 1 aliphatic rings. The summed E-state index contributed by atoms with van der Waals surface area (Å²) in [5.74, 6) is 0.649. The normalized spacial score (nSPS) is 23.5. The predicted molar refractivity (Wildman–Crippen MR) is 82.3 cm³/mol. The molecule has 1 aromatic carbocycles. The van der Waals surface area contributed by atoms with Crippen LogP contribution < -0.4 is 10.0 Å². The van der Waals surface area contributed by atoms with Gasteiger partial charge in [0.1, 0.15) is 4.90 Å². The predicted octanol–water partition coefficient (Wildman–Crippen LogP) is 2.98. The summed E-state index contributed by atoms with van der Waals surface area (Å²) < 4.78 is 27.9. The maximum absolute atomic E-state index is 12.5. The molecule has 4 nitrogen and oxygen atoms in total. The molecular formula is C15H24N2O2S. The largest absolute Gasteiger partial charge is 0.387 e. The van der Waals surface area contributed by atoms with E-state index < -0.39 is 10.0 Å². The minimum absolute atomic E-state index is 0.0728. The highest BCUT2D eigenvalue weighted by Gasteiger charge is 2.26. The van der Waals surface area contributed by atoms with Gasteiger partial charge in [0.15, 0.2) is 0 Å². The van der Waals surface area contributed by atoms with E-state index in [0.29, 0.717) is 16.5 Å². The first-order valence-electron chi connectivity index (χ1n) is 7.36. The van der Waals surface area contributed by atoms with Crippen LogP contribution in [-0.4, -0.2) is 21.5 Å². The fraction of sp³-hybridized carbons (Fsp3) is 0.600. The van der Waals surface area contributed by atoms with Crippen molar-refractivity contribution in [2.75, 3.05) is 12.4 Å². The number of para-hydroxylation sites is 1. The van der Waals surface area contributed by atoms with E-state index in [9.17, 15) is 8.42 Å². The molecule has 0 amide bonds. The Morgan fingerprint density at radius 1 is 1.25 bits per heavy atom. The van der Waals surface area contributed by atoms with E-state index in [1.54, 1.807) is 25.2 Å². The first-order chi connectivity index (χ1) is 9.56. The second-order valence-electron chi connectivity index (χ2n) is 5.51. The molecule has 0 heterocycles. The van der Waals surface area contributed by atoms with E-state index in [1.807, 2.05) is 6.07 Å². The van der Waals surface area contributed by atoms with Gasteiger partial charge < -0.3 is 5.32 Å². The van der Waals surface area contributed by atoms with Gasteiger partial charge in [0.05, 0.1) is 5.69 Å².